The standard InChI is InChI=1S/C13H27NO3/c1-4-5-6-7-16-12-10-11(14-2)13(12)17-9-8-15-3/h11-14H,4-10H2,1-3H3. The molecule has 0 radical (unpaired) electrons. The molecule has 0 saturated heterocycles. The van der Waals surface area contributed by atoms with Gasteiger partial charge in [-0.15, -0.1) is 0 Å². The van der Waals surface area contributed by atoms with Gasteiger partial charge in [0.25, 0.3) is 0 Å². The molecule has 3 unspecified atom stereocenters. The highest BCUT2D eigenvalue weighted by Crippen LogP contribution is 2.27. The van der Waals surface area contributed by atoms with Gasteiger partial charge >= 0.3 is 0 Å². The zero-order chi connectivity index (χ0) is 12.5. The maximum atomic E-state index is 5.85. The first-order valence-corrected chi connectivity index (χ1v) is 6.72. The summed E-state index contributed by atoms with van der Waals surface area (Å²) in [5.74, 6) is 0. The largest absolute Gasteiger partial charge is 0.382 e. The third kappa shape index (κ3) is 4.92. The summed E-state index contributed by atoms with van der Waals surface area (Å²) in [6, 6.07) is 0.433. The Morgan fingerprint density at radius 1 is 1.12 bits per heavy atom. The maximum absolute atomic E-state index is 5.85. The van der Waals surface area contributed by atoms with Gasteiger partial charge in [0.15, 0.2) is 0 Å². The van der Waals surface area contributed by atoms with Crippen LogP contribution in [0.3, 0.4) is 0 Å². The summed E-state index contributed by atoms with van der Waals surface area (Å²) in [5.41, 5.74) is 0. The van der Waals surface area contributed by atoms with Crippen molar-refractivity contribution in [2.24, 2.45) is 0 Å². The van der Waals surface area contributed by atoms with Crippen LogP contribution in [0.5, 0.6) is 0 Å². The molecule has 1 fully saturated rings. The molecular weight excluding hydrogens is 218 g/mol. The Morgan fingerprint density at radius 3 is 2.59 bits per heavy atom. The van der Waals surface area contributed by atoms with E-state index in [4.69, 9.17) is 14.2 Å². The number of hydrogen-bond acceptors (Lipinski definition) is 4. The van der Waals surface area contributed by atoms with Gasteiger partial charge in [-0.3, -0.25) is 0 Å². The zero-order valence-electron chi connectivity index (χ0n) is 11.4. The molecule has 17 heavy (non-hydrogen) atoms. The van der Waals surface area contributed by atoms with Crippen LogP contribution in [0.1, 0.15) is 32.6 Å². The lowest BCUT2D eigenvalue weighted by molar-refractivity contribution is -0.151. The Hall–Kier alpha value is -0.160. The molecule has 1 aliphatic rings. The molecule has 0 bridgehead atoms. The fourth-order valence-corrected chi connectivity index (χ4v) is 2.10. The number of rotatable bonds is 10. The summed E-state index contributed by atoms with van der Waals surface area (Å²) in [4.78, 5) is 0. The van der Waals surface area contributed by atoms with Crippen LogP contribution in [0.4, 0.5) is 0 Å². The fraction of sp³-hybridized carbons (Fsp3) is 1.00. The van der Waals surface area contributed by atoms with Crippen molar-refractivity contribution in [2.45, 2.75) is 50.9 Å². The van der Waals surface area contributed by atoms with Crippen LogP contribution >= 0.6 is 0 Å². The Bertz CT molecular complexity index is 190. The monoisotopic (exact) mass is 245 g/mol. The summed E-state index contributed by atoms with van der Waals surface area (Å²) in [5, 5.41) is 3.26. The van der Waals surface area contributed by atoms with Crippen LogP contribution in [0.25, 0.3) is 0 Å². The van der Waals surface area contributed by atoms with Crippen LogP contribution in [-0.2, 0) is 14.2 Å². The third-order valence-corrected chi connectivity index (χ3v) is 3.30. The van der Waals surface area contributed by atoms with Crippen molar-refractivity contribution in [1.29, 1.82) is 0 Å². The minimum absolute atomic E-state index is 0.191. The van der Waals surface area contributed by atoms with Crippen LogP contribution < -0.4 is 5.32 Å². The highest BCUT2D eigenvalue weighted by atomic mass is 16.6. The predicted molar refractivity (Wildman–Crippen MR) is 68.3 cm³/mol. The molecule has 0 spiro atoms. The van der Waals surface area contributed by atoms with Gasteiger partial charge in [-0.2, -0.15) is 0 Å². The van der Waals surface area contributed by atoms with Crippen molar-refractivity contribution in [2.75, 3.05) is 34.0 Å². The van der Waals surface area contributed by atoms with Gasteiger partial charge in [-0.05, 0) is 19.9 Å². The molecule has 1 saturated carbocycles. The molecule has 0 aliphatic heterocycles. The molecule has 1 N–H and O–H groups in total. The van der Waals surface area contributed by atoms with E-state index in [2.05, 4.69) is 12.2 Å². The second-order valence-corrected chi connectivity index (χ2v) is 4.58. The summed E-state index contributed by atoms with van der Waals surface area (Å²) < 4.78 is 16.6. The van der Waals surface area contributed by atoms with E-state index in [0.29, 0.717) is 19.3 Å². The van der Waals surface area contributed by atoms with E-state index < -0.39 is 0 Å². The van der Waals surface area contributed by atoms with E-state index in [0.717, 1.165) is 19.4 Å². The minimum Gasteiger partial charge on any atom is -0.382 e. The van der Waals surface area contributed by atoms with Crippen LogP contribution in [0, 0.1) is 0 Å². The van der Waals surface area contributed by atoms with E-state index in [9.17, 15) is 0 Å². The normalized spacial score (nSPS) is 28.1. The van der Waals surface area contributed by atoms with Gasteiger partial charge in [0.1, 0.15) is 0 Å². The quantitative estimate of drug-likeness (QED) is 0.593. The molecule has 0 amide bonds. The second kappa shape index (κ2) is 8.86. The molecule has 1 aliphatic carbocycles. The molecule has 102 valence electrons. The number of ether oxygens (including phenoxy) is 3. The molecule has 0 heterocycles. The number of unbranched alkanes of at least 4 members (excludes halogenated alkanes) is 2. The third-order valence-electron chi connectivity index (χ3n) is 3.30. The SMILES string of the molecule is CCCCCOC1CC(NC)C1OCCOC. The van der Waals surface area contributed by atoms with E-state index in [1.54, 1.807) is 7.11 Å². The zero-order valence-corrected chi connectivity index (χ0v) is 11.4. The molecule has 1 rings (SSSR count). The number of hydrogen-bond donors (Lipinski definition) is 1. The van der Waals surface area contributed by atoms with E-state index >= 15 is 0 Å². The minimum atomic E-state index is 0.191. The summed E-state index contributed by atoms with van der Waals surface area (Å²) in [6.07, 6.45) is 5.15. The van der Waals surface area contributed by atoms with Gasteiger partial charge in [-0.1, -0.05) is 19.8 Å². The van der Waals surface area contributed by atoms with E-state index in [1.807, 2.05) is 7.05 Å². The highest BCUT2D eigenvalue weighted by Gasteiger charge is 2.41. The van der Waals surface area contributed by atoms with E-state index in [-0.39, 0.29) is 12.2 Å². The fourth-order valence-electron chi connectivity index (χ4n) is 2.10. The first kappa shape index (κ1) is 14.9. The van der Waals surface area contributed by atoms with Crippen LogP contribution in [0.2, 0.25) is 0 Å². The Kier molecular flexibility index (Phi) is 7.77. The average molecular weight is 245 g/mol. The summed E-state index contributed by atoms with van der Waals surface area (Å²) in [7, 11) is 3.67. The molecule has 0 aromatic heterocycles. The van der Waals surface area contributed by atoms with Crippen molar-refractivity contribution < 1.29 is 14.2 Å². The van der Waals surface area contributed by atoms with Gasteiger partial charge in [0.2, 0.25) is 0 Å². The van der Waals surface area contributed by atoms with Crippen LogP contribution in [0.15, 0.2) is 0 Å². The highest BCUT2D eigenvalue weighted by molar-refractivity contribution is 4.96. The molecule has 4 heteroatoms. The average Bonchev–Trinajstić information content (AvgIpc) is 2.33. The molecule has 0 aromatic rings. The Labute approximate surface area is 105 Å². The maximum Gasteiger partial charge on any atom is 0.0991 e. The van der Waals surface area contributed by atoms with Crippen molar-refractivity contribution in [3.63, 3.8) is 0 Å². The molecule has 0 aromatic carbocycles. The lowest BCUT2D eigenvalue weighted by Crippen LogP contribution is -2.59. The van der Waals surface area contributed by atoms with Crippen molar-refractivity contribution in [1.82, 2.24) is 5.32 Å². The van der Waals surface area contributed by atoms with Crippen LogP contribution in [-0.4, -0.2) is 52.2 Å². The summed E-state index contributed by atoms with van der Waals surface area (Å²) in [6.45, 7) is 4.36. The number of methoxy groups -OCH3 is 1. The predicted octanol–water partition coefficient (Wildman–Crippen LogP) is 1.59. The van der Waals surface area contributed by atoms with Gasteiger partial charge < -0.3 is 19.5 Å². The van der Waals surface area contributed by atoms with E-state index in [1.165, 1.54) is 12.8 Å². The first-order valence-electron chi connectivity index (χ1n) is 6.72. The molecular formula is C13H27NO3. The Balaban J connectivity index is 2.15. The molecule has 4 nitrogen and oxygen atoms in total. The van der Waals surface area contributed by atoms with Crippen molar-refractivity contribution in [3.05, 3.63) is 0 Å². The molecule has 3 atom stereocenters. The van der Waals surface area contributed by atoms with Gasteiger partial charge in [-0.25, -0.2) is 0 Å². The topological polar surface area (TPSA) is 39.7 Å². The van der Waals surface area contributed by atoms with Gasteiger partial charge in [0.05, 0.1) is 25.4 Å². The summed E-state index contributed by atoms with van der Waals surface area (Å²) >= 11 is 0. The lowest BCUT2D eigenvalue weighted by Gasteiger charge is -2.43. The number of likely N-dealkylation sites (N-methyl/N-ethyl adjacent to an activating group) is 1. The number of nitrogens with one attached hydrogen (secondary N) is 1. The lowest BCUT2D eigenvalue weighted by atomic mass is 9.85. The van der Waals surface area contributed by atoms with Crippen molar-refractivity contribution >= 4 is 0 Å². The van der Waals surface area contributed by atoms with Crippen molar-refractivity contribution in [3.8, 4) is 0 Å². The van der Waals surface area contributed by atoms with Gasteiger partial charge in [0, 0.05) is 19.8 Å². The first-order chi connectivity index (χ1) is 8.33. The smallest absolute Gasteiger partial charge is 0.0991 e. The Morgan fingerprint density at radius 2 is 1.94 bits per heavy atom. The second-order valence-electron chi connectivity index (χ2n) is 4.58.